The summed E-state index contributed by atoms with van der Waals surface area (Å²) in [5, 5.41) is 17.7. The van der Waals surface area contributed by atoms with E-state index in [0.717, 1.165) is 31.4 Å². The Balaban J connectivity index is 2.10. The van der Waals surface area contributed by atoms with Crippen molar-refractivity contribution >= 4 is 5.84 Å². The summed E-state index contributed by atoms with van der Waals surface area (Å²) < 4.78 is 5.31. The van der Waals surface area contributed by atoms with Gasteiger partial charge in [0.05, 0.1) is 18.8 Å². The van der Waals surface area contributed by atoms with Gasteiger partial charge in [0, 0.05) is 12.6 Å². The van der Waals surface area contributed by atoms with Gasteiger partial charge in [0.1, 0.15) is 11.6 Å². The molecule has 1 aliphatic carbocycles. The first-order chi connectivity index (χ1) is 10.0. The van der Waals surface area contributed by atoms with Gasteiger partial charge in [-0.05, 0) is 37.6 Å². The molecule has 5 nitrogen and oxygen atoms in total. The minimum Gasteiger partial charge on any atom is -0.496 e. The molecule has 1 aromatic carbocycles. The van der Waals surface area contributed by atoms with Crippen LogP contribution in [0, 0.1) is 5.41 Å². The first-order valence-corrected chi connectivity index (χ1v) is 7.42. The van der Waals surface area contributed by atoms with Crippen LogP contribution >= 0.6 is 0 Å². The zero-order chi connectivity index (χ0) is 15.4. The van der Waals surface area contributed by atoms with E-state index >= 15 is 0 Å². The van der Waals surface area contributed by atoms with Crippen LogP contribution in [0.3, 0.4) is 0 Å². The quantitative estimate of drug-likeness (QED) is 0.570. The molecule has 4 N–H and O–H groups in total. The monoisotopic (exact) mass is 291 g/mol. The zero-order valence-corrected chi connectivity index (χ0v) is 12.8. The van der Waals surface area contributed by atoms with Crippen molar-refractivity contribution < 1.29 is 9.84 Å². The lowest BCUT2D eigenvalue weighted by Crippen LogP contribution is -2.42. The molecule has 0 spiro atoms. The summed E-state index contributed by atoms with van der Waals surface area (Å²) in [5.41, 5.74) is 7.24. The van der Waals surface area contributed by atoms with Gasteiger partial charge >= 0.3 is 0 Å². The zero-order valence-electron chi connectivity index (χ0n) is 12.8. The molecule has 116 valence electrons. The van der Waals surface area contributed by atoms with Crippen molar-refractivity contribution in [2.75, 3.05) is 14.2 Å². The molecule has 0 aromatic heterocycles. The second kappa shape index (κ2) is 6.91. The van der Waals surface area contributed by atoms with Crippen LogP contribution in [0.4, 0.5) is 0 Å². The molecule has 2 rings (SSSR count). The predicted octanol–water partition coefficient (Wildman–Crippen LogP) is 1.71. The summed E-state index contributed by atoms with van der Waals surface area (Å²) in [6.07, 6.45) is 4.00. The fourth-order valence-corrected chi connectivity index (χ4v) is 3.07. The van der Waals surface area contributed by atoms with Gasteiger partial charge in [-0.1, -0.05) is 18.9 Å². The van der Waals surface area contributed by atoms with E-state index in [1.165, 1.54) is 6.42 Å². The number of methoxy groups -OCH3 is 1. The molecular weight excluding hydrogens is 266 g/mol. The average molecular weight is 291 g/mol. The van der Waals surface area contributed by atoms with Crippen LogP contribution in [-0.4, -0.2) is 42.1 Å². The van der Waals surface area contributed by atoms with Gasteiger partial charge in [-0.2, -0.15) is 0 Å². The third kappa shape index (κ3) is 3.74. The van der Waals surface area contributed by atoms with Gasteiger partial charge in [0.15, 0.2) is 0 Å². The van der Waals surface area contributed by atoms with E-state index in [1.54, 1.807) is 7.11 Å². The maximum absolute atomic E-state index is 10.1. The van der Waals surface area contributed by atoms with Crippen LogP contribution in [0.1, 0.15) is 36.8 Å². The summed E-state index contributed by atoms with van der Waals surface area (Å²) in [4.78, 5) is 2.20. The maximum Gasteiger partial charge on any atom is 0.130 e. The second-order valence-electron chi connectivity index (χ2n) is 5.78. The summed E-state index contributed by atoms with van der Waals surface area (Å²) in [6, 6.07) is 5.92. The molecule has 0 amide bonds. The molecule has 5 heteroatoms. The van der Waals surface area contributed by atoms with Crippen molar-refractivity contribution in [3.8, 4) is 5.75 Å². The van der Waals surface area contributed by atoms with E-state index in [1.807, 2.05) is 25.2 Å². The SMILES string of the molecule is COc1cc(CN(C)C2CCCCC2O)ccc1C(=N)N. The van der Waals surface area contributed by atoms with Crippen molar-refractivity contribution in [2.24, 2.45) is 5.73 Å². The fraction of sp³-hybridized carbons (Fsp3) is 0.562. The first-order valence-electron chi connectivity index (χ1n) is 7.42. The van der Waals surface area contributed by atoms with Crippen molar-refractivity contribution in [2.45, 2.75) is 44.4 Å². The topological polar surface area (TPSA) is 82.6 Å². The van der Waals surface area contributed by atoms with Crippen molar-refractivity contribution in [3.05, 3.63) is 29.3 Å². The van der Waals surface area contributed by atoms with E-state index in [2.05, 4.69) is 4.90 Å². The highest BCUT2D eigenvalue weighted by Gasteiger charge is 2.26. The third-order valence-electron chi connectivity index (χ3n) is 4.25. The first kappa shape index (κ1) is 15.8. The number of rotatable bonds is 5. The van der Waals surface area contributed by atoms with Crippen LogP contribution in [0.25, 0.3) is 0 Å². The van der Waals surface area contributed by atoms with E-state index in [4.69, 9.17) is 15.9 Å². The van der Waals surface area contributed by atoms with Crippen molar-refractivity contribution in [1.82, 2.24) is 4.90 Å². The largest absolute Gasteiger partial charge is 0.496 e. The Morgan fingerprint density at radius 3 is 2.76 bits per heavy atom. The van der Waals surface area contributed by atoms with E-state index in [9.17, 15) is 5.11 Å². The number of benzene rings is 1. The van der Waals surface area contributed by atoms with Crippen molar-refractivity contribution in [1.29, 1.82) is 5.41 Å². The second-order valence-corrected chi connectivity index (χ2v) is 5.78. The molecule has 0 aliphatic heterocycles. The van der Waals surface area contributed by atoms with Crippen LogP contribution in [0.2, 0.25) is 0 Å². The highest BCUT2D eigenvalue weighted by atomic mass is 16.5. The molecule has 21 heavy (non-hydrogen) atoms. The van der Waals surface area contributed by atoms with E-state index in [-0.39, 0.29) is 18.0 Å². The number of nitrogens with zero attached hydrogens (tertiary/aromatic N) is 1. The molecule has 1 saturated carbocycles. The average Bonchev–Trinajstić information content (AvgIpc) is 2.47. The predicted molar refractivity (Wildman–Crippen MR) is 83.7 cm³/mol. The van der Waals surface area contributed by atoms with Crippen LogP contribution in [0.5, 0.6) is 5.75 Å². The molecule has 0 radical (unpaired) electrons. The fourth-order valence-electron chi connectivity index (χ4n) is 3.07. The molecule has 2 unspecified atom stereocenters. The molecule has 1 aromatic rings. The number of aliphatic hydroxyl groups excluding tert-OH is 1. The number of nitrogens with two attached hydrogens (primary N) is 1. The molecule has 0 saturated heterocycles. The smallest absolute Gasteiger partial charge is 0.130 e. The van der Waals surface area contributed by atoms with Crippen molar-refractivity contribution in [3.63, 3.8) is 0 Å². The molecule has 0 heterocycles. The number of nitrogens with one attached hydrogen (secondary N) is 1. The highest BCUT2D eigenvalue weighted by Crippen LogP contribution is 2.25. The number of hydrogen-bond donors (Lipinski definition) is 3. The Bertz CT molecular complexity index is 504. The van der Waals surface area contributed by atoms with Gasteiger partial charge < -0.3 is 15.6 Å². The maximum atomic E-state index is 10.1. The molecule has 1 fully saturated rings. The van der Waals surface area contributed by atoms with Gasteiger partial charge in [-0.3, -0.25) is 10.3 Å². The van der Waals surface area contributed by atoms with Gasteiger partial charge in [0.25, 0.3) is 0 Å². The number of amidine groups is 1. The standard InChI is InChI=1S/C16H25N3O2/c1-19(13-5-3-4-6-14(13)20)10-11-7-8-12(16(17)18)15(9-11)21-2/h7-9,13-14,20H,3-6,10H2,1-2H3,(H3,17,18). The molecule has 0 bridgehead atoms. The molecule has 1 aliphatic rings. The minimum atomic E-state index is -0.234. The lowest BCUT2D eigenvalue weighted by Gasteiger charge is -2.35. The lowest BCUT2D eigenvalue weighted by molar-refractivity contribution is 0.0288. The third-order valence-corrected chi connectivity index (χ3v) is 4.25. The molecule has 2 atom stereocenters. The Kier molecular flexibility index (Phi) is 5.20. The van der Waals surface area contributed by atoms with Crippen LogP contribution < -0.4 is 10.5 Å². The number of hydrogen-bond acceptors (Lipinski definition) is 4. The van der Waals surface area contributed by atoms with E-state index in [0.29, 0.717) is 11.3 Å². The number of aliphatic hydroxyl groups is 1. The van der Waals surface area contributed by atoms with Gasteiger partial charge in [-0.25, -0.2) is 0 Å². The number of likely N-dealkylation sites (N-methyl/N-ethyl adjacent to an activating group) is 1. The number of nitrogen functional groups attached to an aromatic ring is 1. The number of ether oxygens (including phenoxy) is 1. The molecular formula is C16H25N3O2. The Labute approximate surface area is 126 Å². The summed E-state index contributed by atoms with van der Waals surface area (Å²) >= 11 is 0. The Morgan fingerprint density at radius 2 is 2.14 bits per heavy atom. The minimum absolute atomic E-state index is 0.00876. The highest BCUT2D eigenvalue weighted by molar-refractivity contribution is 5.97. The van der Waals surface area contributed by atoms with Gasteiger partial charge in [-0.15, -0.1) is 0 Å². The summed E-state index contributed by atoms with van der Waals surface area (Å²) in [6.45, 7) is 0.746. The lowest BCUT2D eigenvalue weighted by atomic mass is 9.91. The van der Waals surface area contributed by atoms with Gasteiger partial charge in [0.2, 0.25) is 0 Å². The van der Waals surface area contributed by atoms with E-state index < -0.39 is 0 Å². The Hall–Kier alpha value is -1.59. The van der Waals surface area contributed by atoms with Crippen LogP contribution in [-0.2, 0) is 6.54 Å². The Morgan fingerprint density at radius 1 is 1.43 bits per heavy atom. The summed E-state index contributed by atoms with van der Waals surface area (Å²) in [5.74, 6) is 0.632. The summed E-state index contributed by atoms with van der Waals surface area (Å²) in [7, 11) is 3.63. The normalized spacial score (nSPS) is 22.3. The van der Waals surface area contributed by atoms with Crippen LogP contribution in [0.15, 0.2) is 18.2 Å².